The summed E-state index contributed by atoms with van der Waals surface area (Å²) in [4.78, 5) is 25.6. The van der Waals surface area contributed by atoms with Gasteiger partial charge in [0.15, 0.2) is 0 Å². The van der Waals surface area contributed by atoms with Gasteiger partial charge in [-0.2, -0.15) is 13.2 Å². The SMILES string of the molecule is C=Cc1ccc([C@H]2[C@H](C(=O)Nc3ccc(Cl)c(C(=O)Nc4ccc(F)cc4F)c3)C2(Cl)Cl)cc1C(F)(F)F. The van der Waals surface area contributed by atoms with Gasteiger partial charge in [0.1, 0.15) is 16.0 Å². The topological polar surface area (TPSA) is 58.2 Å². The lowest BCUT2D eigenvalue weighted by atomic mass is 10.00. The highest BCUT2D eigenvalue weighted by molar-refractivity contribution is 6.53. The standard InChI is InChI=1S/C26H16Cl3F5N2O2/c1-2-12-3-4-13(9-17(12)26(32,33)34)21-22(25(21,28)29)24(38)35-15-6-7-18(27)16(11-15)23(37)36-20-8-5-14(30)10-19(20)31/h2-11,21-22H,1H2,(H,35,38)(H,36,37)/t21-,22+/m0/s1. The molecule has 2 atom stereocenters. The predicted molar refractivity (Wildman–Crippen MR) is 137 cm³/mol. The molecule has 0 saturated heterocycles. The van der Waals surface area contributed by atoms with Gasteiger partial charge in [-0.3, -0.25) is 9.59 Å². The van der Waals surface area contributed by atoms with Crippen LogP contribution in [0.2, 0.25) is 5.02 Å². The van der Waals surface area contributed by atoms with Crippen LogP contribution in [-0.4, -0.2) is 16.1 Å². The van der Waals surface area contributed by atoms with Crippen molar-refractivity contribution >= 4 is 64.1 Å². The second-order valence-corrected chi connectivity index (χ2v) is 10.3. The maximum atomic E-state index is 13.9. The molecule has 2 amide bonds. The van der Waals surface area contributed by atoms with Crippen LogP contribution in [0, 0.1) is 17.6 Å². The highest BCUT2D eigenvalue weighted by atomic mass is 35.5. The number of amides is 2. The van der Waals surface area contributed by atoms with Gasteiger partial charge in [-0.1, -0.05) is 36.4 Å². The Morgan fingerprint density at radius 2 is 1.68 bits per heavy atom. The first kappa shape index (κ1) is 27.9. The van der Waals surface area contributed by atoms with Gasteiger partial charge in [0.2, 0.25) is 5.91 Å². The Kier molecular flexibility index (Phi) is 7.49. The average Bonchev–Trinajstić information content (AvgIpc) is 3.42. The molecule has 1 fully saturated rings. The summed E-state index contributed by atoms with van der Waals surface area (Å²) >= 11 is 18.7. The molecule has 0 unspecified atom stereocenters. The van der Waals surface area contributed by atoms with Crippen molar-refractivity contribution in [2.75, 3.05) is 10.6 Å². The Balaban J connectivity index is 1.54. The summed E-state index contributed by atoms with van der Waals surface area (Å²) in [6.45, 7) is 3.38. The number of halogens is 8. The maximum absolute atomic E-state index is 13.9. The summed E-state index contributed by atoms with van der Waals surface area (Å²) in [6.07, 6.45) is -3.60. The van der Waals surface area contributed by atoms with E-state index >= 15 is 0 Å². The van der Waals surface area contributed by atoms with Crippen molar-refractivity contribution < 1.29 is 31.5 Å². The molecule has 2 N–H and O–H groups in total. The summed E-state index contributed by atoms with van der Waals surface area (Å²) in [5.74, 6) is -5.44. The van der Waals surface area contributed by atoms with Gasteiger partial charge < -0.3 is 10.6 Å². The average molecular weight is 590 g/mol. The minimum absolute atomic E-state index is 0.0293. The summed E-state index contributed by atoms with van der Waals surface area (Å²) in [5.41, 5.74) is -1.30. The molecular formula is C26H16Cl3F5N2O2. The van der Waals surface area contributed by atoms with Crippen LogP contribution >= 0.6 is 34.8 Å². The van der Waals surface area contributed by atoms with Crippen LogP contribution in [0.4, 0.5) is 33.3 Å². The van der Waals surface area contributed by atoms with Crippen LogP contribution in [-0.2, 0) is 11.0 Å². The number of carbonyl (C=O) groups excluding carboxylic acids is 2. The van der Waals surface area contributed by atoms with Crippen molar-refractivity contribution in [3.05, 3.63) is 100 Å². The van der Waals surface area contributed by atoms with Crippen molar-refractivity contribution in [1.82, 2.24) is 0 Å². The zero-order valence-electron chi connectivity index (χ0n) is 19.0. The van der Waals surface area contributed by atoms with Crippen LogP contribution in [0.5, 0.6) is 0 Å². The van der Waals surface area contributed by atoms with E-state index in [4.69, 9.17) is 34.8 Å². The fourth-order valence-corrected chi connectivity index (χ4v) is 5.07. The third-order valence-corrected chi connectivity index (χ3v) is 7.23. The Labute approximate surface area is 228 Å². The monoisotopic (exact) mass is 588 g/mol. The van der Waals surface area contributed by atoms with Gasteiger partial charge >= 0.3 is 6.18 Å². The lowest BCUT2D eigenvalue weighted by Crippen LogP contribution is -2.18. The molecule has 1 aliphatic carbocycles. The molecule has 4 nitrogen and oxygen atoms in total. The number of benzene rings is 3. The molecule has 0 heterocycles. The van der Waals surface area contributed by atoms with Gasteiger partial charge in [0.05, 0.1) is 27.8 Å². The Hall–Kier alpha value is -3.14. The van der Waals surface area contributed by atoms with Gasteiger partial charge in [0.25, 0.3) is 5.91 Å². The molecule has 3 aromatic carbocycles. The molecular weight excluding hydrogens is 574 g/mol. The molecule has 1 saturated carbocycles. The van der Waals surface area contributed by atoms with Gasteiger partial charge in [-0.25, -0.2) is 8.78 Å². The van der Waals surface area contributed by atoms with Gasteiger partial charge in [-0.15, -0.1) is 23.2 Å². The molecule has 38 heavy (non-hydrogen) atoms. The van der Waals surface area contributed by atoms with E-state index in [1.165, 1.54) is 30.3 Å². The molecule has 0 aliphatic heterocycles. The molecule has 12 heteroatoms. The predicted octanol–water partition coefficient (Wildman–Crippen LogP) is 8.06. The van der Waals surface area contributed by atoms with Crippen molar-refractivity contribution in [1.29, 1.82) is 0 Å². The van der Waals surface area contributed by atoms with Gasteiger partial charge in [0, 0.05) is 17.7 Å². The fourth-order valence-electron chi connectivity index (χ4n) is 4.04. The first-order chi connectivity index (χ1) is 17.7. The lowest BCUT2D eigenvalue weighted by Gasteiger charge is -2.12. The number of anilines is 2. The second-order valence-electron chi connectivity index (χ2n) is 8.44. The van der Waals surface area contributed by atoms with Crippen LogP contribution in [0.3, 0.4) is 0 Å². The molecule has 4 rings (SSSR count). The molecule has 0 aromatic heterocycles. The van der Waals surface area contributed by atoms with E-state index in [9.17, 15) is 31.5 Å². The van der Waals surface area contributed by atoms with Crippen molar-refractivity contribution in [2.24, 2.45) is 5.92 Å². The normalized spacial score (nSPS) is 18.0. The highest BCUT2D eigenvalue weighted by Crippen LogP contribution is 2.65. The molecule has 0 radical (unpaired) electrons. The minimum atomic E-state index is -4.66. The number of alkyl halides is 5. The van der Waals surface area contributed by atoms with E-state index in [-0.39, 0.29) is 33.1 Å². The van der Waals surface area contributed by atoms with E-state index in [1.54, 1.807) is 0 Å². The first-order valence-corrected chi connectivity index (χ1v) is 12.0. The maximum Gasteiger partial charge on any atom is 0.416 e. The van der Waals surface area contributed by atoms with Crippen molar-refractivity contribution in [2.45, 2.75) is 16.4 Å². The number of nitrogens with one attached hydrogen (secondary N) is 2. The summed E-state index contributed by atoms with van der Waals surface area (Å²) in [7, 11) is 0. The van der Waals surface area contributed by atoms with Crippen LogP contribution in [0.15, 0.2) is 61.2 Å². The van der Waals surface area contributed by atoms with E-state index in [0.717, 1.165) is 24.3 Å². The Morgan fingerprint density at radius 1 is 0.974 bits per heavy atom. The number of hydrogen-bond donors (Lipinski definition) is 2. The zero-order valence-corrected chi connectivity index (χ0v) is 21.2. The second kappa shape index (κ2) is 10.2. The quantitative estimate of drug-likeness (QED) is 0.226. The molecule has 198 valence electrons. The van der Waals surface area contributed by atoms with Crippen molar-refractivity contribution in [3.63, 3.8) is 0 Å². The third-order valence-electron chi connectivity index (χ3n) is 5.96. The summed E-state index contributed by atoms with van der Waals surface area (Å²) in [6, 6.07) is 9.95. The minimum Gasteiger partial charge on any atom is -0.326 e. The number of carbonyl (C=O) groups is 2. The van der Waals surface area contributed by atoms with Crippen LogP contribution in [0.25, 0.3) is 6.08 Å². The molecule has 0 bridgehead atoms. The first-order valence-electron chi connectivity index (χ1n) is 10.8. The van der Waals surface area contributed by atoms with E-state index < -0.39 is 51.4 Å². The van der Waals surface area contributed by atoms with Crippen LogP contribution in [0.1, 0.15) is 33.0 Å². The Bertz CT molecular complexity index is 1460. The zero-order chi connectivity index (χ0) is 28.0. The molecule has 3 aromatic rings. The van der Waals surface area contributed by atoms with Crippen LogP contribution < -0.4 is 10.6 Å². The fraction of sp³-hybridized carbons (Fsp3) is 0.154. The largest absolute Gasteiger partial charge is 0.416 e. The van der Waals surface area contributed by atoms with E-state index in [2.05, 4.69) is 17.2 Å². The number of rotatable bonds is 6. The number of hydrogen-bond acceptors (Lipinski definition) is 2. The molecule has 1 aliphatic rings. The third kappa shape index (κ3) is 5.50. The molecule has 0 spiro atoms. The highest BCUT2D eigenvalue weighted by Gasteiger charge is 2.67. The lowest BCUT2D eigenvalue weighted by molar-refractivity contribution is -0.137. The summed E-state index contributed by atoms with van der Waals surface area (Å²) < 4.78 is 65.8. The van der Waals surface area contributed by atoms with Gasteiger partial charge in [-0.05, 0) is 47.5 Å². The summed E-state index contributed by atoms with van der Waals surface area (Å²) in [5, 5.41) is 4.75. The Morgan fingerprint density at radius 3 is 2.32 bits per heavy atom. The van der Waals surface area contributed by atoms with Crippen molar-refractivity contribution in [3.8, 4) is 0 Å². The smallest absolute Gasteiger partial charge is 0.326 e. The van der Waals surface area contributed by atoms with E-state index in [0.29, 0.717) is 6.07 Å². The van der Waals surface area contributed by atoms with E-state index in [1.807, 2.05) is 0 Å².